The van der Waals surface area contributed by atoms with Gasteiger partial charge in [-0.2, -0.15) is 0 Å². The molecule has 0 bridgehead atoms. The zero-order chi connectivity index (χ0) is 24.8. The third kappa shape index (κ3) is 9.56. The van der Waals surface area contributed by atoms with Crippen LogP contribution in [0.25, 0.3) is 10.8 Å². The van der Waals surface area contributed by atoms with Crippen molar-refractivity contribution in [1.29, 1.82) is 0 Å². The lowest BCUT2D eigenvalue weighted by Crippen LogP contribution is -1.85. The van der Waals surface area contributed by atoms with Crippen molar-refractivity contribution in [2.75, 3.05) is 0 Å². The molecule has 0 unspecified atom stereocenters. The van der Waals surface area contributed by atoms with E-state index < -0.39 is 0 Å². The van der Waals surface area contributed by atoms with E-state index in [1.807, 2.05) is 0 Å². The second-order valence-corrected chi connectivity index (χ2v) is 9.19. The van der Waals surface area contributed by atoms with E-state index in [0.717, 1.165) is 12.8 Å². The van der Waals surface area contributed by atoms with Gasteiger partial charge < -0.3 is 0 Å². The summed E-state index contributed by atoms with van der Waals surface area (Å²) < 4.78 is 0. The molecule has 0 heteroatoms. The Labute approximate surface area is 209 Å². The van der Waals surface area contributed by atoms with Crippen LogP contribution in [0, 0.1) is 13.8 Å². The molecule has 0 saturated carbocycles. The third-order valence-electron chi connectivity index (χ3n) is 6.09. The molecule has 4 rings (SSSR count). The summed E-state index contributed by atoms with van der Waals surface area (Å²) in [5, 5.41) is 2.67. The van der Waals surface area contributed by atoms with Crippen LogP contribution in [0.15, 0.2) is 84.9 Å². The fourth-order valence-electron chi connectivity index (χ4n) is 3.95. The molecule has 0 heterocycles. The quantitative estimate of drug-likeness (QED) is 0.273. The summed E-state index contributed by atoms with van der Waals surface area (Å²) in [6.45, 7) is 13.1. The predicted molar refractivity (Wildman–Crippen MR) is 153 cm³/mol. The first-order valence-electron chi connectivity index (χ1n) is 13.1. The topological polar surface area (TPSA) is 0 Å². The van der Waals surface area contributed by atoms with Gasteiger partial charge in [0.05, 0.1) is 0 Å². The Kier molecular flexibility index (Phi) is 12.2. The summed E-state index contributed by atoms with van der Waals surface area (Å²) in [5.74, 6) is 0. The van der Waals surface area contributed by atoms with Crippen LogP contribution in [0.1, 0.15) is 73.9 Å². The summed E-state index contributed by atoms with van der Waals surface area (Å²) >= 11 is 0. The van der Waals surface area contributed by atoms with Crippen molar-refractivity contribution in [1.82, 2.24) is 0 Å². The maximum absolute atomic E-state index is 2.26. The van der Waals surface area contributed by atoms with Crippen molar-refractivity contribution in [3.05, 3.63) is 118 Å². The van der Waals surface area contributed by atoms with Crippen LogP contribution < -0.4 is 0 Å². The second-order valence-electron chi connectivity index (χ2n) is 9.19. The summed E-state index contributed by atoms with van der Waals surface area (Å²) in [4.78, 5) is 0. The molecular formula is C34H44. The monoisotopic (exact) mass is 452 g/mol. The Morgan fingerprint density at radius 2 is 0.735 bits per heavy atom. The van der Waals surface area contributed by atoms with Crippen LogP contribution in [-0.4, -0.2) is 0 Å². The molecule has 0 nitrogen and oxygen atoms in total. The molecule has 0 radical (unpaired) electrons. The first kappa shape index (κ1) is 27.4. The van der Waals surface area contributed by atoms with E-state index in [2.05, 4.69) is 126 Å². The molecule has 4 aromatic carbocycles. The minimum absolute atomic E-state index is 1.14. The Hall–Kier alpha value is -2.86. The molecule has 0 atom stereocenters. The Morgan fingerprint density at radius 3 is 1.03 bits per heavy atom. The SMILES string of the molecule is CCCc1ccc(CCC)cc1.CCc1ccc(CC)cc1.Cc1ccc2cc(C)ccc2c1. The van der Waals surface area contributed by atoms with Gasteiger partial charge in [0.2, 0.25) is 0 Å². The number of hydrogen-bond acceptors (Lipinski definition) is 0. The highest BCUT2D eigenvalue weighted by Crippen LogP contribution is 2.17. The molecule has 34 heavy (non-hydrogen) atoms. The van der Waals surface area contributed by atoms with E-state index in [0.29, 0.717) is 0 Å². The molecule has 0 aliphatic rings. The lowest BCUT2D eigenvalue weighted by molar-refractivity contribution is 0.904. The fraction of sp³-hybridized carbons (Fsp3) is 0.353. The van der Waals surface area contributed by atoms with E-state index in [1.165, 1.54) is 69.8 Å². The predicted octanol–water partition coefficient (Wildman–Crippen LogP) is 9.86. The molecule has 0 aliphatic heterocycles. The van der Waals surface area contributed by atoms with Crippen molar-refractivity contribution in [3.63, 3.8) is 0 Å². The van der Waals surface area contributed by atoms with Gasteiger partial charge >= 0.3 is 0 Å². The first-order chi connectivity index (χ1) is 16.5. The Balaban J connectivity index is 0.000000181. The zero-order valence-corrected chi connectivity index (χ0v) is 22.3. The van der Waals surface area contributed by atoms with Gasteiger partial charge in [-0.25, -0.2) is 0 Å². The molecule has 4 aromatic rings. The van der Waals surface area contributed by atoms with Gasteiger partial charge in [-0.15, -0.1) is 0 Å². The minimum Gasteiger partial charge on any atom is -0.0651 e. The number of benzene rings is 4. The van der Waals surface area contributed by atoms with Gasteiger partial charge in [0.15, 0.2) is 0 Å². The lowest BCUT2D eigenvalue weighted by atomic mass is 10.1. The van der Waals surface area contributed by atoms with Gasteiger partial charge in [-0.3, -0.25) is 0 Å². The number of rotatable bonds is 6. The average molecular weight is 453 g/mol. The number of aryl methyl sites for hydroxylation is 6. The van der Waals surface area contributed by atoms with Gasteiger partial charge in [-0.05, 0) is 72.6 Å². The van der Waals surface area contributed by atoms with E-state index in [1.54, 1.807) is 0 Å². The summed E-state index contributed by atoms with van der Waals surface area (Å²) in [7, 11) is 0. The largest absolute Gasteiger partial charge is 0.0651 e. The van der Waals surface area contributed by atoms with E-state index in [4.69, 9.17) is 0 Å². The van der Waals surface area contributed by atoms with Crippen LogP contribution in [-0.2, 0) is 25.7 Å². The van der Waals surface area contributed by atoms with E-state index >= 15 is 0 Å². The molecular weight excluding hydrogens is 408 g/mol. The normalized spacial score (nSPS) is 10.2. The summed E-state index contributed by atoms with van der Waals surface area (Å²) in [5.41, 5.74) is 8.45. The Morgan fingerprint density at radius 1 is 0.412 bits per heavy atom. The highest BCUT2D eigenvalue weighted by Gasteiger charge is 1.93. The standard InChI is InChI=1S/C12H12.C12H18.C10H14/c1-9-3-5-12-8-10(2)4-6-11(12)7-9;1-3-5-11-7-9-12(6-4-2)10-8-11;1-3-9-5-7-10(4-2)8-6-9/h3-8H,1-2H3;7-10H,3-6H2,1-2H3;5-8H,3-4H2,1-2H3. The van der Waals surface area contributed by atoms with Crippen molar-refractivity contribution in [2.24, 2.45) is 0 Å². The fourth-order valence-corrected chi connectivity index (χ4v) is 3.95. The molecule has 0 aromatic heterocycles. The molecule has 0 fully saturated rings. The summed E-state index contributed by atoms with van der Waals surface area (Å²) in [6, 6.07) is 31.0. The minimum atomic E-state index is 1.14. The van der Waals surface area contributed by atoms with E-state index in [-0.39, 0.29) is 0 Å². The van der Waals surface area contributed by atoms with E-state index in [9.17, 15) is 0 Å². The summed E-state index contributed by atoms with van der Waals surface area (Å²) in [6.07, 6.45) is 7.20. The average Bonchev–Trinajstić information content (AvgIpc) is 2.86. The van der Waals surface area contributed by atoms with Crippen LogP contribution in [0.4, 0.5) is 0 Å². The number of hydrogen-bond donors (Lipinski definition) is 0. The van der Waals surface area contributed by atoms with Crippen molar-refractivity contribution in [2.45, 2.75) is 80.1 Å². The Bertz CT molecular complexity index is 996. The first-order valence-corrected chi connectivity index (χ1v) is 13.1. The molecule has 0 aliphatic carbocycles. The number of fused-ring (bicyclic) bond motifs is 1. The van der Waals surface area contributed by atoms with Crippen LogP contribution in [0.3, 0.4) is 0 Å². The maximum Gasteiger partial charge on any atom is -0.0181 e. The highest BCUT2D eigenvalue weighted by molar-refractivity contribution is 5.83. The van der Waals surface area contributed by atoms with Gasteiger partial charge in [0.25, 0.3) is 0 Å². The maximum atomic E-state index is 2.26. The van der Waals surface area contributed by atoms with Crippen LogP contribution in [0.2, 0.25) is 0 Å². The molecule has 0 N–H and O–H groups in total. The molecule has 0 saturated heterocycles. The van der Waals surface area contributed by atoms with Crippen molar-refractivity contribution in [3.8, 4) is 0 Å². The molecule has 180 valence electrons. The van der Waals surface area contributed by atoms with Gasteiger partial charge in [-0.1, -0.05) is 137 Å². The third-order valence-corrected chi connectivity index (χ3v) is 6.09. The lowest BCUT2D eigenvalue weighted by Gasteiger charge is -2.01. The zero-order valence-electron chi connectivity index (χ0n) is 22.3. The highest BCUT2D eigenvalue weighted by atomic mass is 14.0. The smallest absolute Gasteiger partial charge is 0.0181 e. The second kappa shape index (κ2) is 15.1. The van der Waals surface area contributed by atoms with Gasteiger partial charge in [0.1, 0.15) is 0 Å². The van der Waals surface area contributed by atoms with Crippen molar-refractivity contribution >= 4 is 10.8 Å². The van der Waals surface area contributed by atoms with Crippen LogP contribution in [0.5, 0.6) is 0 Å². The van der Waals surface area contributed by atoms with Crippen molar-refractivity contribution < 1.29 is 0 Å². The van der Waals surface area contributed by atoms with Crippen LogP contribution >= 0.6 is 0 Å². The van der Waals surface area contributed by atoms with Gasteiger partial charge in [0, 0.05) is 0 Å². The molecule has 0 amide bonds. The molecule has 0 spiro atoms.